The van der Waals surface area contributed by atoms with Gasteiger partial charge in [0, 0.05) is 6.61 Å². The molecule has 0 N–H and O–H groups in total. The van der Waals surface area contributed by atoms with Crippen LogP contribution in [0.4, 0.5) is 0 Å². The molecule has 0 saturated carbocycles. The Hall–Kier alpha value is -0.950. The van der Waals surface area contributed by atoms with Gasteiger partial charge in [0.2, 0.25) is 16.4 Å². The van der Waals surface area contributed by atoms with Gasteiger partial charge >= 0.3 is 0 Å². The van der Waals surface area contributed by atoms with Gasteiger partial charge in [0.15, 0.2) is 0 Å². The topological polar surface area (TPSA) is 55.8 Å². The van der Waals surface area contributed by atoms with Crippen molar-refractivity contribution in [2.24, 2.45) is 0 Å². The number of aryl methyl sites for hydroxylation is 1. The number of ether oxygens (including phenoxy) is 2. The molecule has 0 aromatic heterocycles. The lowest BCUT2D eigenvalue weighted by Gasteiger charge is -2.26. The summed E-state index contributed by atoms with van der Waals surface area (Å²) in [5, 5.41) is 0. The molecule has 0 radical (unpaired) electrons. The maximum Gasteiger partial charge on any atom is 0.247 e. The van der Waals surface area contributed by atoms with Crippen molar-refractivity contribution >= 4 is 10.0 Å². The van der Waals surface area contributed by atoms with Crippen LogP contribution < -0.4 is 0 Å². The Labute approximate surface area is 120 Å². The second-order valence-corrected chi connectivity index (χ2v) is 6.65. The average molecular weight is 299 g/mol. The molecule has 0 spiro atoms. The van der Waals surface area contributed by atoms with E-state index < -0.39 is 16.4 Å². The predicted octanol–water partition coefficient (Wildman–Crippen LogP) is 2.11. The number of benzene rings is 1. The molecule has 0 amide bonds. The summed E-state index contributed by atoms with van der Waals surface area (Å²) in [6.45, 7) is 6.46. The van der Waals surface area contributed by atoms with Gasteiger partial charge in [0.05, 0.1) is 17.5 Å². The van der Waals surface area contributed by atoms with E-state index in [1.807, 2.05) is 20.8 Å². The summed E-state index contributed by atoms with van der Waals surface area (Å²) >= 11 is 0. The first-order valence-corrected chi connectivity index (χ1v) is 8.28. The summed E-state index contributed by atoms with van der Waals surface area (Å²) in [5.41, 5.74) is 1.02. The first-order valence-electron chi connectivity index (χ1n) is 6.84. The fourth-order valence-electron chi connectivity index (χ4n) is 2.22. The second-order valence-electron chi connectivity index (χ2n) is 4.81. The Morgan fingerprint density at radius 1 is 1.30 bits per heavy atom. The molecule has 1 aliphatic rings. The van der Waals surface area contributed by atoms with Crippen LogP contribution in [0.25, 0.3) is 0 Å². The van der Waals surface area contributed by atoms with Gasteiger partial charge in [0.25, 0.3) is 0 Å². The second kappa shape index (κ2) is 6.22. The highest BCUT2D eigenvalue weighted by Crippen LogP contribution is 2.28. The lowest BCUT2D eigenvalue weighted by molar-refractivity contribution is -0.149. The molecule has 112 valence electrons. The van der Waals surface area contributed by atoms with Gasteiger partial charge < -0.3 is 9.47 Å². The highest BCUT2D eigenvalue weighted by Gasteiger charge is 2.43. The third kappa shape index (κ3) is 2.88. The molecule has 1 aromatic rings. The Balaban J connectivity index is 2.36. The zero-order chi connectivity index (χ0) is 14.8. The molecule has 2 atom stereocenters. The SMILES string of the molecule is CCOC1OCC(CC)N1S(=O)(=O)c1ccc(C)cc1. The van der Waals surface area contributed by atoms with E-state index in [2.05, 4.69) is 0 Å². The summed E-state index contributed by atoms with van der Waals surface area (Å²) in [6.07, 6.45) is -0.134. The van der Waals surface area contributed by atoms with Gasteiger partial charge in [-0.25, -0.2) is 8.42 Å². The molecule has 6 heteroatoms. The highest BCUT2D eigenvalue weighted by molar-refractivity contribution is 7.89. The molecule has 5 nitrogen and oxygen atoms in total. The maximum absolute atomic E-state index is 12.8. The van der Waals surface area contributed by atoms with Crippen LogP contribution in [0.1, 0.15) is 25.8 Å². The lowest BCUT2D eigenvalue weighted by atomic mass is 10.2. The summed E-state index contributed by atoms with van der Waals surface area (Å²) in [4.78, 5) is 0.275. The minimum absolute atomic E-state index is 0.183. The van der Waals surface area contributed by atoms with Crippen molar-refractivity contribution < 1.29 is 17.9 Å². The number of hydrogen-bond acceptors (Lipinski definition) is 4. The van der Waals surface area contributed by atoms with Crippen molar-refractivity contribution in [3.8, 4) is 0 Å². The molecule has 2 rings (SSSR count). The first kappa shape index (κ1) is 15.4. The summed E-state index contributed by atoms with van der Waals surface area (Å²) < 4.78 is 37.7. The average Bonchev–Trinajstić information content (AvgIpc) is 2.83. The molecule has 0 aliphatic carbocycles. The Morgan fingerprint density at radius 3 is 2.50 bits per heavy atom. The van der Waals surface area contributed by atoms with E-state index in [4.69, 9.17) is 9.47 Å². The molecule has 1 saturated heterocycles. The van der Waals surface area contributed by atoms with Crippen molar-refractivity contribution in [3.63, 3.8) is 0 Å². The van der Waals surface area contributed by atoms with Crippen LogP contribution in [0, 0.1) is 6.92 Å². The summed E-state index contributed by atoms with van der Waals surface area (Å²) in [7, 11) is -3.60. The van der Waals surface area contributed by atoms with Gasteiger partial charge in [-0.05, 0) is 32.4 Å². The molecule has 1 aliphatic heterocycles. The normalized spacial score (nSPS) is 24.1. The summed E-state index contributed by atoms with van der Waals surface area (Å²) in [6, 6.07) is 6.65. The van der Waals surface area contributed by atoms with Crippen molar-refractivity contribution in [2.75, 3.05) is 13.2 Å². The van der Waals surface area contributed by atoms with Gasteiger partial charge in [-0.15, -0.1) is 4.31 Å². The molecule has 1 aromatic carbocycles. The largest absolute Gasteiger partial charge is 0.339 e. The quantitative estimate of drug-likeness (QED) is 0.835. The third-order valence-corrected chi connectivity index (χ3v) is 5.27. The lowest BCUT2D eigenvalue weighted by Crippen LogP contribution is -2.42. The number of rotatable bonds is 5. The van der Waals surface area contributed by atoms with E-state index in [1.165, 1.54) is 4.31 Å². The Morgan fingerprint density at radius 2 is 1.95 bits per heavy atom. The van der Waals surface area contributed by atoms with E-state index >= 15 is 0 Å². The fourth-order valence-corrected chi connectivity index (χ4v) is 3.89. The molecule has 0 bridgehead atoms. The molecule has 1 fully saturated rings. The maximum atomic E-state index is 12.8. The van der Waals surface area contributed by atoms with Crippen LogP contribution in [0.5, 0.6) is 0 Å². The predicted molar refractivity (Wildman–Crippen MR) is 75.6 cm³/mol. The fraction of sp³-hybridized carbons (Fsp3) is 0.571. The first-order chi connectivity index (χ1) is 9.50. The zero-order valence-electron chi connectivity index (χ0n) is 12.1. The van der Waals surface area contributed by atoms with Crippen molar-refractivity contribution in [2.45, 2.75) is 44.5 Å². The van der Waals surface area contributed by atoms with Crippen LogP contribution in [0.2, 0.25) is 0 Å². The standard InChI is InChI=1S/C14H21NO4S/c1-4-12-10-19-14(18-5-2)15(12)20(16,17)13-8-6-11(3)7-9-13/h6-9,12,14H,4-5,10H2,1-3H3. The summed E-state index contributed by atoms with van der Waals surface area (Å²) in [5.74, 6) is 0. The number of sulfonamides is 1. The molecule has 2 unspecified atom stereocenters. The number of nitrogens with zero attached hydrogens (tertiary/aromatic N) is 1. The zero-order valence-corrected chi connectivity index (χ0v) is 12.9. The smallest absolute Gasteiger partial charge is 0.247 e. The molecular weight excluding hydrogens is 278 g/mol. The van der Waals surface area contributed by atoms with Crippen LogP contribution in [0.3, 0.4) is 0 Å². The molecular formula is C14H21NO4S. The van der Waals surface area contributed by atoms with E-state index in [0.717, 1.165) is 5.56 Å². The van der Waals surface area contributed by atoms with E-state index in [0.29, 0.717) is 19.6 Å². The van der Waals surface area contributed by atoms with E-state index in [-0.39, 0.29) is 10.9 Å². The van der Waals surface area contributed by atoms with Crippen LogP contribution in [-0.4, -0.2) is 38.4 Å². The van der Waals surface area contributed by atoms with Crippen molar-refractivity contribution in [1.82, 2.24) is 4.31 Å². The Bertz CT molecular complexity index is 541. The van der Waals surface area contributed by atoms with Crippen LogP contribution >= 0.6 is 0 Å². The highest BCUT2D eigenvalue weighted by atomic mass is 32.2. The minimum atomic E-state index is -3.60. The third-order valence-electron chi connectivity index (χ3n) is 3.38. The van der Waals surface area contributed by atoms with Crippen LogP contribution in [-0.2, 0) is 19.5 Å². The van der Waals surface area contributed by atoms with Gasteiger partial charge in [-0.2, -0.15) is 0 Å². The molecule has 1 heterocycles. The van der Waals surface area contributed by atoms with Crippen LogP contribution in [0.15, 0.2) is 29.2 Å². The molecule has 20 heavy (non-hydrogen) atoms. The van der Waals surface area contributed by atoms with E-state index in [1.54, 1.807) is 24.3 Å². The van der Waals surface area contributed by atoms with Crippen molar-refractivity contribution in [1.29, 1.82) is 0 Å². The van der Waals surface area contributed by atoms with Crippen molar-refractivity contribution in [3.05, 3.63) is 29.8 Å². The Kier molecular flexibility index (Phi) is 4.80. The monoisotopic (exact) mass is 299 g/mol. The van der Waals surface area contributed by atoms with Gasteiger partial charge in [-0.3, -0.25) is 0 Å². The minimum Gasteiger partial charge on any atom is -0.339 e. The van der Waals surface area contributed by atoms with Gasteiger partial charge in [-0.1, -0.05) is 24.6 Å². The van der Waals surface area contributed by atoms with Gasteiger partial charge in [0.1, 0.15) is 0 Å². The number of hydrogen-bond donors (Lipinski definition) is 0. The van der Waals surface area contributed by atoms with E-state index in [9.17, 15) is 8.42 Å².